The zero-order valence-electron chi connectivity index (χ0n) is 16.0. The molecule has 6 nitrogen and oxygen atoms in total. The minimum Gasteiger partial charge on any atom is -0.494 e. The third-order valence-corrected chi connectivity index (χ3v) is 9.06. The number of benzene rings is 2. The van der Waals surface area contributed by atoms with Gasteiger partial charge in [0.1, 0.15) is 11.6 Å². The van der Waals surface area contributed by atoms with Crippen LogP contribution in [0.3, 0.4) is 0 Å². The highest BCUT2D eigenvalue weighted by molar-refractivity contribution is 7.96. The highest BCUT2D eigenvalue weighted by Crippen LogP contribution is 2.27. The summed E-state index contributed by atoms with van der Waals surface area (Å²) in [6, 6.07) is 11.3. The smallest absolute Gasteiger partial charge is 0.183 e. The lowest BCUT2D eigenvalue weighted by atomic mass is 10.1. The average Bonchev–Trinajstić information content (AvgIpc) is 2.99. The summed E-state index contributed by atoms with van der Waals surface area (Å²) in [5.41, 5.74) is 0.880. The first-order chi connectivity index (χ1) is 13.7. The molecule has 1 aliphatic rings. The normalized spacial score (nSPS) is 21.2. The van der Waals surface area contributed by atoms with Crippen molar-refractivity contribution in [1.29, 1.82) is 0 Å². The Hall–Kier alpha value is -1.97. The fourth-order valence-corrected chi connectivity index (χ4v) is 8.15. The Morgan fingerprint density at radius 1 is 1.07 bits per heavy atom. The van der Waals surface area contributed by atoms with Gasteiger partial charge in [-0.05, 0) is 61.9 Å². The Labute approximate surface area is 170 Å². The summed E-state index contributed by atoms with van der Waals surface area (Å²) in [4.78, 5) is 0.0772. The van der Waals surface area contributed by atoms with Crippen molar-refractivity contribution < 1.29 is 26.0 Å². The van der Waals surface area contributed by atoms with Gasteiger partial charge in [0.15, 0.2) is 19.7 Å². The van der Waals surface area contributed by atoms with E-state index in [0.29, 0.717) is 25.3 Å². The molecule has 9 heteroatoms. The predicted molar refractivity (Wildman–Crippen MR) is 109 cm³/mol. The van der Waals surface area contributed by atoms with Gasteiger partial charge in [0.2, 0.25) is 0 Å². The van der Waals surface area contributed by atoms with Crippen molar-refractivity contribution in [3.8, 4) is 5.75 Å². The van der Waals surface area contributed by atoms with E-state index in [1.54, 1.807) is 24.3 Å². The summed E-state index contributed by atoms with van der Waals surface area (Å²) in [5.74, 6) is -0.404. The molecule has 2 atom stereocenters. The van der Waals surface area contributed by atoms with Gasteiger partial charge in [0.05, 0.1) is 28.3 Å². The predicted octanol–water partition coefficient (Wildman–Crippen LogP) is 2.00. The van der Waals surface area contributed by atoms with E-state index < -0.39 is 36.7 Å². The second kappa shape index (κ2) is 8.81. The topological polar surface area (TPSA) is 89.5 Å². The van der Waals surface area contributed by atoms with E-state index >= 15 is 0 Å². The Balaban J connectivity index is 1.73. The van der Waals surface area contributed by atoms with Crippen molar-refractivity contribution in [2.24, 2.45) is 0 Å². The third-order valence-electron chi connectivity index (χ3n) is 4.90. The molecule has 3 rings (SSSR count). The first-order valence-electron chi connectivity index (χ1n) is 9.36. The second-order valence-corrected chi connectivity index (χ2v) is 11.3. The fourth-order valence-electron chi connectivity index (χ4n) is 3.43. The van der Waals surface area contributed by atoms with E-state index in [1.807, 2.05) is 6.92 Å². The van der Waals surface area contributed by atoms with Gasteiger partial charge >= 0.3 is 0 Å². The van der Waals surface area contributed by atoms with E-state index in [4.69, 9.17) is 4.74 Å². The number of halogens is 1. The molecule has 1 N–H and O–H groups in total. The van der Waals surface area contributed by atoms with E-state index in [0.717, 1.165) is 5.56 Å². The molecular weight excluding hydrogens is 417 g/mol. The van der Waals surface area contributed by atoms with Crippen LogP contribution in [0.2, 0.25) is 0 Å². The van der Waals surface area contributed by atoms with Crippen LogP contribution in [-0.2, 0) is 26.1 Å². The number of ether oxygens (including phenoxy) is 1. The van der Waals surface area contributed by atoms with E-state index in [9.17, 15) is 21.2 Å². The van der Waals surface area contributed by atoms with Gasteiger partial charge in [-0.15, -0.1) is 0 Å². The first kappa shape index (κ1) is 21.7. The molecule has 158 valence electrons. The second-order valence-electron chi connectivity index (χ2n) is 7.00. The molecule has 2 aromatic rings. The zero-order chi connectivity index (χ0) is 21.1. The van der Waals surface area contributed by atoms with Crippen LogP contribution in [0, 0.1) is 5.82 Å². The van der Waals surface area contributed by atoms with Gasteiger partial charge in [-0.25, -0.2) is 21.2 Å². The van der Waals surface area contributed by atoms with Crippen molar-refractivity contribution in [2.45, 2.75) is 29.5 Å². The number of hydrogen-bond donors (Lipinski definition) is 1. The van der Waals surface area contributed by atoms with Crippen LogP contribution in [-0.4, -0.2) is 52.8 Å². The van der Waals surface area contributed by atoms with E-state index in [-0.39, 0.29) is 16.5 Å². The van der Waals surface area contributed by atoms with Crippen molar-refractivity contribution in [2.75, 3.05) is 24.7 Å². The van der Waals surface area contributed by atoms with Crippen LogP contribution in [0.15, 0.2) is 53.4 Å². The summed E-state index contributed by atoms with van der Waals surface area (Å²) in [5, 5.41) is 2.02. The molecule has 0 saturated carbocycles. The highest BCUT2D eigenvalue weighted by Gasteiger charge is 2.45. The minimum absolute atomic E-state index is 0.0772. The molecule has 29 heavy (non-hydrogen) atoms. The molecule has 0 unspecified atom stereocenters. The number of hydrogen-bond acceptors (Lipinski definition) is 6. The molecule has 2 aromatic carbocycles. The Kier molecular flexibility index (Phi) is 6.60. The first-order valence-corrected chi connectivity index (χ1v) is 12.7. The summed E-state index contributed by atoms with van der Waals surface area (Å²) in [7, 11) is -7.31. The fraction of sp³-hybridized carbons (Fsp3) is 0.400. The Morgan fingerprint density at radius 3 is 2.34 bits per heavy atom. The molecular formula is C20H24FNO5S2. The quantitative estimate of drug-likeness (QED) is 0.674. The summed E-state index contributed by atoms with van der Waals surface area (Å²) < 4.78 is 68.8. The lowest BCUT2D eigenvalue weighted by molar-refractivity contribution is 0.340. The lowest BCUT2D eigenvalue weighted by Gasteiger charge is -2.20. The highest BCUT2D eigenvalue weighted by atomic mass is 32.2. The molecule has 1 saturated heterocycles. The van der Waals surface area contributed by atoms with E-state index in [2.05, 4.69) is 5.32 Å². The summed E-state index contributed by atoms with van der Waals surface area (Å²) in [6.07, 6.45) is 0.534. The van der Waals surface area contributed by atoms with Crippen LogP contribution < -0.4 is 10.1 Å². The van der Waals surface area contributed by atoms with Crippen LogP contribution in [0.5, 0.6) is 5.75 Å². The SMILES string of the molecule is CCOc1ccc(S(=O)(=O)[C@H]2CS(=O)(=O)C[C@@H]2NCCc2ccc(F)cc2)cc1. The van der Waals surface area contributed by atoms with Gasteiger partial charge < -0.3 is 10.1 Å². The van der Waals surface area contributed by atoms with Crippen LogP contribution in [0.4, 0.5) is 4.39 Å². The van der Waals surface area contributed by atoms with Gasteiger partial charge in [0.25, 0.3) is 0 Å². The molecule has 0 amide bonds. The molecule has 0 aromatic heterocycles. The Morgan fingerprint density at radius 2 is 1.72 bits per heavy atom. The van der Waals surface area contributed by atoms with Gasteiger partial charge in [-0.2, -0.15) is 0 Å². The van der Waals surface area contributed by atoms with Crippen LogP contribution in [0.25, 0.3) is 0 Å². The summed E-state index contributed by atoms with van der Waals surface area (Å²) >= 11 is 0. The molecule has 1 aliphatic heterocycles. The van der Waals surface area contributed by atoms with Crippen molar-refractivity contribution in [1.82, 2.24) is 5.32 Å². The standard InChI is InChI=1S/C20H24FNO5S2/c1-2-27-17-7-9-18(10-8-17)29(25,26)20-14-28(23,24)13-19(20)22-12-11-15-3-5-16(21)6-4-15/h3-10,19-20,22H,2,11-14H2,1H3/t19-,20-/m0/s1. The molecule has 0 bridgehead atoms. The average molecular weight is 442 g/mol. The molecule has 0 spiro atoms. The maximum absolute atomic E-state index is 13.1. The molecule has 1 heterocycles. The maximum atomic E-state index is 13.1. The zero-order valence-corrected chi connectivity index (χ0v) is 17.7. The number of nitrogens with one attached hydrogen (secondary N) is 1. The van der Waals surface area contributed by atoms with Gasteiger partial charge in [-0.3, -0.25) is 0 Å². The maximum Gasteiger partial charge on any atom is 0.183 e. The van der Waals surface area contributed by atoms with Gasteiger partial charge in [0, 0.05) is 6.04 Å². The van der Waals surface area contributed by atoms with E-state index in [1.165, 1.54) is 24.3 Å². The number of sulfone groups is 2. The minimum atomic E-state index is -3.84. The monoisotopic (exact) mass is 441 g/mol. The molecule has 0 radical (unpaired) electrons. The largest absolute Gasteiger partial charge is 0.494 e. The molecule has 1 fully saturated rings. The van der Waals surface area contributed by atoms with Crippen LogP contribution in [0.1, 0.15) is 12.5 Å². The Bertz CT molecular complexity index is 1040. The van der Waals surface area contributed by atoms with Crippen LogP contribution >= 0.6 is 0 Å². The molecule has 0 aliphatic carbocycles. The number of rotatable bonds is 8. The third kappa shape index (κ3) is 5.34. The summed E-state index contributed by atoms with van der Waals surface area (Å²) in [6.45, 7) is 2.68. The van der Waals surface area contributed by atoms with Crippen molar-refractivity contribution in [3.05, 3.63) is 59.9 Å². The van der Waals surface area contributed by atoms with Crippen molar-refractivity contribution in [3.63, 3.8) is 0 Å². The van der Waals surface area contributed by atoms with Gasteiger partial charge in [-0.1, -0.05) is 12.1 Å². The lowest BCUT2D eigenvalue weighted by Crippen LogP contribution is -2.44. The van der Waals surface area contributed by atoms with Crippen molar-refractivity contribution >= 4 is 19.7 Å².